The van der Waals surface area contributed by atoms with Crippen molar-refractivity contribution in [3.05, 3.63) is 132 Å². The first kappa shape index (κ1) is 23.7. The summed E-state index contributed by atoms with van der Waals surface area (Å²) < 4.78 is 11.4. The second-order valence-electron chi connectivity index (χ2n) is 9.57. The average Bonchev–Trinajstić information content (AvgIpc) is 3.24. The molecule has 2 aliphatic rings. The van der Waals surface area contributed by atoms with Gasteiger partial charge in [0, 0.05) is 11.8 Å². The maximum absolute atomic E-state index is 14.0. The zero-order valence-electron chi connectivity index (χ0n) is 20.9. The van der Waals surface area contributed by atoms with Crippen LogP contribution in [0.3, 0.4) is 0 Å². The molecule has 2 amide bonds. The number of imide groups is 1. The first-order chi connectivity index (χ1) is 18.7. The van der Waals surface area contributed by atoms with Crippen molar-refractivity contribution >= 4 is 17.5 Å². The third kappa shape index (κ3) is 4.16. The molecule has 0 aromatic heterocycles. The summed E-state index contributed by atoms with van der Waals surface area (Å²) in [5.41, 5.74) is 2.61. The summed E-state index contributed by atoms with van der Waals surface area (Å²) in [5.74, 6) is 0.151. The van der Waals surface area contributed by atoms with Crippen LogP contribution in [0.1, 0.15) is 23.0 Å². The van der Waals surface area contributed by atoms with Gasteiger partial charge in [-0.25, -0.2) is 4.90 Å². The number of amides is 2. The van der Waals surface area contributed by atoms with Crippen molar-refractivity contribution in [1.82, 2.24) is 0 Å². The molecule has 0 saturated carbocycles. The highest BCUT2D eigenvalue weighted by molar-refractivity contribution is 6.23. The highest BCUT2D eigenvalue weighted by Gasteiger charge is 2.55. The zero-order chi connectivity index (χ0) is 26.1. The molecule has 188 valence electrons. The summed E-state index contributed by atoms with van der Waals surface area (Å²) in [7, 11) is 1.59. The molecular formula is C33H27NO4. The lowest BCUT2D eigenvalue weighted by Crippen LogP contribution is -2.31. The Morgan fingerprint density at radius 1 is 0.579 bits per heavy atom. The van der Waals surface area contributed by atoms with Crippen molar-refractivity contribution < 1.29 is 19.1 Å². The van der Waals surface area contributed by atoms with Crippen molar-refractivity contribution in [2.24, 2.45) is 11.8 Å². The SMILES string of the molecule is COc1ccccc1Oc1ccc(N2C(=O)[C@@H]3[C@H](C2=O)[C@H](c2ccccc2)C=C[C@@H]3c2ccccc2)cc1. The van der Waals surface area contributed by atoms with Crippen LogP contribution in [0.2, 0.25) is 0 Å². The molecule has 5 heteroatoms. The number of ether oxygens (including phenoxy) is 2. The smallest absolute Gasteiger partial charge is 0.238 e. The Labute approximate surface area is 221 Å². The molecule has 4 atom stereocenters. The molecular weight excluding hydrogens is 474 g/mol. The molecule has 1 aliphatic heterocycles. The Balaban J connectivity index is 1.34. The van der Waals surface area contributed by atoms with Crippen molar-refractivity contribution in [1.29, 1.82) is 0 Å². The summed E-state index contributed by atoms with van der Waals surface area (Å²) >= 11 is 0. The van der Waals surface area contributed by atoms with Gasteiger partial charge in [0.1, 0.15) is 5.75 Å². The number of hydrogen-bond acceptors (Lipinski definition) is 4. The van der Waals surface area contributed by atoms with Gasteiger partial charge in [-0.05, 0) is 47.5 Å². The predicted molar refractivity (Wildman–Crippen MR) is 146 cm³/mol. The maximum atomic E-state index is 14.0. The van der Waals surface area contributed by atoms with Crippen LogP contribution in [0.25, 0.3) is 0 Å². The first-order valence-corrected chi connectivity index (χ1v) is 12.7. The predicted octanol–water partition coefficient (Wildman–Crippen LogP) is 6.73. The van der Waals surface area contributed by atoms with E-state index in [2.05, 4.69) is 12.2 Å². The second-order valence-corrected chi connectivity index (χ2v) is 9.57. The van der Waals surface area contributed by atoms with E-state index in [1.54, 1.807) is 31.4 Å². The monoisotopic (exact) mass is 501 g/mol. The summed E-state index contributed by atoms with van der Waals surface area (Å²) in [6, 6.07) is 34.4. The Bertz CT molecular complexity index is 1410. The lowest BCUT2D eigenvalue weighted by Gasteiger charge is -2.32. The number of carbonyl (C=O) groups is 2. The summed E-state index contributed by atoms with van der Waals surface area (Å²) in [4.78, 5) is 29.4. The fourth-order valence-electron chi connectivity index (χ4n) is 5.68. The molecule has 0 spiro atoms. The molecule has 38 heavy (non-hydrogen) atoms. The quantitative estimate of drug-likeness (QED) is 0.217. The number of anilines is 1. The standard InChI is InChI=1S/C33H27NO4/c1-37-28-14-8-9-15-29(28)38-25-18-16-24(17-19-25)34-32(35)30-26(22-10-4-2-5-11-22)20-21-27(31(30)33(34)36)23-12-6-3-7-13-23/h2-21,26-27,30-31H,1H3/t26-,27+,30+,31-. The van der Waals surface area contributed by atoms with Crippen molar-refractivity contribution in [3.63, 3.8) is 0 Å². The van der Waals surface area contributed by atoms with E-state index in [9.17, 15) is 9.59 Å². The molecule has 4 aromatic carbocycles. The van der Waals surface area contributed by atoms with Crippen molar-refractivity contribution in [2.45, 2.75) is 11.8 Å². The summed E-state index contributed by atoms with van der Waals surface area (Å²) in [6.45, 7) is 0. The number of rotatable bonds is 6. The van der Waals surface area contributed by atoms with Gasteiger partial charge in [-0.2, -0.15) is 0 Å². The highest BCUT2D eigenvalue weighted by atomic mass is 16.5. The van der Waals surface area contributed by atoms with Crippen LogP contribution in [0, 0.1) is 11.8 Å². The van der Waals surface area contributed by atoms with Gasteiger partial charge in [-0.15, -0.1) is 0 Å². The van der Waals surface area contributed by atoms with Crippen LogP contribution >= 0.6 is 0 Å². The second kappa shape index (κ2) is 10.0. The molecule has 1 aliphatic carbocycles. The van der Waals surface area contributed by atoms with Crippen LogP contribution < -0.4 is 14.4 Å². The number of nitrogens with zero attached hydrogens (tertiary/aromatic N) is 1. The molecule has 1 heterocycles. The molecule has 0 radical (unpaired) electrons. The number of hydrogen-bond donors (Lipinski definition) is 0. The van der Waals surface area contributed by atoms with Gasteiger partial charge >= 0.3 is 0 Å². The number of fused-ring (bicyclic) bond motifs is 1. The molecule has 0 bridgehead atoms. The highest BCUT2D eigenvalue weighted by Crippen LogP contribution is 2.50. The normalized spacial score (nSPS) is 22.3. The van der Waals surface area contributed by atoms with Crippen LogP contribution in [-0.4, -0.2) is 18.9 Å². The number of para-hydroxylation sites is 2. The largest absolute Gasteiger partial charge is 0.493 e. The maximum Gasteiger partial charge on any atom is 0.238 e. The molecule has 0 unspecified atom stereocenters. The van der Waals surface area contributed by atoms with Crippen molar-refractivity contribution in [2.75, 3.05) is 12.0 Å². The van der Waals surface area contributed by atoms with Gasteiger partial charge in [0.05, 0.1) is 24.6 Å². The summed E-state index contributed by atoms with van der Waals surface area (Å²) in [5, 5.41) is 0. The van der Waals surface area contributed by atoms with E-state index < -0.39 is 11.8 Å². The van der Waals surface area contributed by atoms with E-state index in [1.165, 1.54) is 4.90 Å². The Morgan fingerprint density at radius 2 is 1.05 bits per heavy atom. The zero-order valence-corrected chi connectivity index (χ0v) is 20.9. The molecule has 1 fully saturated rings. The fourth-order valence-corrected chi connectivity index (χ4v) is 5.68. The van der Waals surface area contributed by atoms with Gasteiger partial charge < -0.3 is 9.47 Å². The third-order valence-corrected chi connectivity index (χ3v) is 7.46. The lowest BCUT2D eigenvalue weighted by atomic mass is 9.68. The third-order valence-electron chi connectivity index (χ3n) is 7.46. The first-order valence-electron chi connectivity index (χ1n) is 12.7. The molecule has 1 saturated heterocycles. The molecule has 4 aromatic rings. The number of benzene rings is 4. The summed E-state index contributed by atoms with van der Waals surface area (Å²) in [6.07, 6.45) is 4.21. The number of allylic oxidation sites excluding steroid dienone is 2. The van der Waals surface area contributed by atoms with Crippen LogP contribution in [0.4, 0.5) is 5.69 Å². The van der Waals surface area contributed by atoms with Gasteiger partial charge in [0.25, 0.3) is 0 Å². The minimum absolute atomic E-state index is 0.169. The van der Waals surface area contributed by atoms with Crippen LogP contribution in [0.15, 0.2) is 121 Å². The van der Waals surface area contributed by atoms with Crippen molar-refractivity contribution in [3.8, 4) is 17.2 Å². The van der Waals surface area contributed by atoms with Gasteiger partial charge in [0.15, 0.2) is 11.5 Å². The van der Waals surface area contributed by atoms with E-state index in [4.69, 9.17) is 9.47 Å². The number of carbonyl (C=O) groups excluding carboxylic acids is 2. The van der Waals surface area contributed by atoms with E-state index in [-0.39, 0.29) is 23.7 Å². The molecule has 0 N–H and O–H groups in total. The lowest BCUT2D eigenvalue weighted by molar-refractivity contribution is -0.122. The van der Waals surface area contributed by atoms with Gasteiger partial charge in [-0.1, -0.05) is 84.9 Å². The minimum Gasteiger partial charge on any atom is -0.493 e. The molecule has 6 rings (SSSR count). The number of methoxy groups -OCH3 is 1. The van der Waals surface area contributed by atoms with Gasteiger partial charge in [-0.3, -0.25) is 9.59 Å². The molecule has 5 nitrogen and oxygen atoms in total. The topological polar surface area (TPSA) is 55.8 Å². The van der Waals surface area contributed by atoms with Crippen LogP contribution in [-0.2, 0) is 9.59 Å². The average molecular weight is 502 g/mol. The van der Waals surface area contributed by atoms with E-state index in [1.807, 2.05) is 84.9 Å². The Morgan fingerprint density at radius 3 is 1.55 bits per heavy atom. The van der Waals surface area contributed by atoms with Gasteiger partial charge in [0.2, 0.25) is 11.8 Å². The van der Waals surface area contributed by atoms with E-state index >= 15 is 0 Å². The van der Waals surface area contributed by atoms with E-state index in [0.29, 0.717) is 22.9 Å². The Kier molecular flexibility index (Phi) is 6.26. The van der Waals surface area contributed by atoms with Crippen LogP contribution in [0.5, 0.6) is 17.2 Å². The van der Waals surface area contributed by atoms with E-state index in [0.717, 1.165) is 11.1 Å². The Hall–Kier alpha value is -4.64. The fraction of sp³-hybridized carbons (Fsp3) is 0.152. The minimum atomic E-state index is -0.482.